The van der Waals surface area contributed by atoms with Crippen LogP contribution in [-0.2, 0) is 6.54 Å². The van der Waals surface area contributed by atoms with Gasteiger partial charge in [0.2, 0.25) is 0 Å². The summed E-state index contributed by atoms with van der Waals surface area (Å²) in [7, 11) is 0. The first-order valence-electron chi connectivity index (χ1n) is 5.29. The fourth-order valence-electron chi connectivity index (χ4n) is 1.53. The Labute approximate surface area is 105 Å². The largest absolute Gasteiger partial charge is 0.381 e. The zero-order valence-electron chi connectivity index (χ0n) is 9.48. The van der Waals surface area contributed by atoms with Crippen molar-refractivity contribution in [3.63, 3.8) is 0 Å². The summed E-state index contributed by atoms with van der Waals surface area (Å²) in [6.45, 7) is -0.186. The predicted octanol–water partition coefficient (Wildman–Crippen LogP) is 3.99. The molecule has 0 saturated heterocycles. The molecule has 0 spiro atoms. The van der Waals surface area contributed by atoms with Gasteiger partial charge in [-0.2, -0.15) is 0 Å². The second kappa shape index (κ2) is 5.26. The van der Waals surface area contributed by atoms with Gasteiger partial charge in [0, 0.05) is 29.9 Å². The van der Waals surface area contributed by atoms with Crippen LogP contribution in [0.4, 0.5) is 27.6 Å². The summed E-state index contributed by atoms with van der Waals surface area (Å²) in [6, 6.07) is 4.32. The second-order valence-corrected chi connectivity index (χ2v) is 3.84. The quantitative estimate of drug-likeness (QED) is 0.658. The summed E-state index contributed by atoms with van der Waals surface area (Å²) in [4.78, 5) is 0. The molecule has 0 aromatic heterocycles. The molecule has 100 valence electrons. The van der Waals surface area contributed by atoms with Crippen LogP contribution in [-0.4, -0.2) is 0 Å². The van der Waals surface area contributed by atoms with Gasteiger partial charge in [-0.3, -0.25) is 0 Å². The van der Waals surface area contributed by atoms with E-state index in [-0.39, 0.29) is 17.8 Å². The van der Waals surface area contributed by atoms with E-state index in [1.807, 2.05) is 0 Å². The molecule has 0 unspecified atom stereocenters. The summed E-state index contributed by atoms with van der Waals surface area (Å²) in [6.07, 6.45) is 0. The highest BCUT2D eigenvalue weighted by Gasteiger charge is 2.11. The van der Waals surface area contributed by atoms with Crippen LogP contribution in [0.2, 0.25) is 0 Å². The Bertz CT molecular complexity index is 589. The molecule has 0 aliphatic rings. The normalized spacial score (nSPS) is 10.6. The monoisotopic (exact) mass is 273 g/mol. The third-order valence-electron chi connectivity index (χ3n) is 2.47. The lowest BCUT2D eigenvalue weighted by Crippen LogP contribution is -2.04. The number of halogens is 5. The SMILES string of the molecule is Fc1ccc(F)c(CNc2cc(F)c(F)c(F)c2)c1. The highest BCUT2D eigenvalue weighted by Crippen LogP contribution is 2.19. The lowest BCUT2D eigenvalue weighted by atomic mass is 10.2. The topological polar surface area (TPSA) is 12.0 Å². The zero-order valence-corrected chi connectivity index (χ0v) is 9.48. The molecule has 2 rings (SSSR count). The minimum absolute atomic E-state index is 0.00913. The smallest absolute Gasteiger partial charge is 0.194 e. The first-order chi connectivity index (χ1) is 8.97. The molecule has 0 saturated carbocycles. The standard InChI is InChI=1S/C13H8F5N/c14-8-1-2-10(15)7(3-8)6-19-9-4-11(16)13(18)12(17)5-9/h1-5,19H,6H2. The van der Waals surface area contributed by atoms with E-state index < -0.39 is 29.1 Å². The Hall–Kier alpha value is -2.11. The lowest BCUT2D eigenvalue weighted by molar-refractivity contribution is 0.447. The molecular weight excluding hydrogens is 265 g/mol. The molecule has 0 amide bonds. The number of hydrogen-bond donors (Lipinski definition) is 1. The van der Waals surface area contributed by atoms with Gasteiger partial charge < -0.3 is 5.32 Å². The number of benzene rings is 2. The Morgan fingerprint density at radius 2 is 1.42 bits per heavy atom. The van der Waals surface area contributed by atoms with Crippen LogP contribution in [0.15, 0.2) is 30.3 Å². The molecule has 0 heterocycles. The summed E-state index contributed by atoms with van der Waals surface area (Å²) >= 11 is 0. The molecule has 0 atom stereocenters. The molecular formula is C13H8F5N. The maximum atomic E-state index is 13.3. The summed E-state index contributed by atoms with van der Waals surface area (Å²) in [5, 5.41) is 2.48. The maximum Gasteiger partial charge on any atom is 0.194 e. The van der Waals surface area contributed by atoms with Crippen molar-refractivity contribution in [1.29, 1.82) is 0 Å². The van der Waals surface area contributed by atoms with Crippen LogP contribution < -0.4 is 5.32 Å². The van der Waals surface area contributed by atoms with Crippen LogP contribution >= 0.6 is 0 Å². The van der Waals surface area contributed by atoms with Crippen molar-refractivity contribution in [2.75, 3.05) is 5.32 Å². The van der Waals surface area contributed by atoms with Gasteiger partial charge in [0.25, 0.3) is 0 Å². The predicted molar refractivity (Wildman–Crippen MR) is 60.0 cm³/mol. The van der Waals surface area contributed by atoms with Gasteiger partial charge in [0.15, 0.2) is 17.5 Å². The van der Waals surface area contributed by atoms with E-state index in [0.717, 1.165) is 30.3 Å². The molecule has 6 heteroatoms. The Morgan fingerprint density at radius 3 is 2.05 bits per heavy atom. The minimum atomic E-state index is -1.58. The molecule has 0 aliphatic heterocycles. The van der Waals surface area contributed by atoms with Crippen LogP contribution in [0.25, 0.3) is 0 Å². The molecule has 0 radical (unpaired) electrons. The van der Waals surface area contributed by atoms with Gasteiger partial charge in [-0.1, -0.05) is 0 Å². The van der Waals surface area contributed by atoms with E-state index in [0.29, 0.717) is 0 Å². The third kappa shape index (κ3) is 3.01. The Kier molecular flexibility index (Phi) is 3.69. The highest BCUT2D eigenvalue weighted by molar-refractivity contribution is 5.44. The summed E-state index contributed by atoms with van der Waals surface area (Å²) in [5.41, 5.74) is -0.0785. The Morgan fingerprint density at radius 1 is 0.789 bits per heavy atom. The molecule has 1 nitrogen and oxygen atoms in total. The number of anilines is 1. The molecule has 2 aromatic carbocycles. The van der Waals surface area contributed by atoms with E-state index >= 15 is 0 Å². The number of nitrogens with one attached hydrogen (secondary N) is 1. The fraction of sp³-hybridized carbons (Fsp3) is 0.0769. The first-order valence-corrected chi connectivity index (χ1v) is 5.29. The van der Waals surface area contributed by atoms with Gasteiger partial charge in [-0.25, -0.2) is 22.0 Å². The van der Waals surface area contributed by atoms with E-state index in [4.69, 9.17) is 0 Å². The minimum Gasteiger partial charge on any atom is -0.381 e. The highest BCUT2D eigenvalue weighted by atomic mass is 19.2. The number of rotatable bonds is 3. The van der Waals surface area contributed by atoms with E-state index in [1.54, 1.807) is 0 Å². The molecule has 0 aliphatic carbocycles. The zero-order chi connectivity index (χ0) is 14.0. The first kappa shape index (κ1) is 13.3. The lowest BCUT2D eigenvalue weighted by Gasteiger charge is -2.08. The van der Waals surface area contributed by atoms with Crippen LogP contribution in [0.1, 0.15) is 5.56 Å². The van der Waals surface area contributed by atoms with Crippen molar-refractivity contribution >= 4 is 5.69 Å². The van der Waals surface area contributed by atoms with Crippen LogP contribution in [0.5, 0.6) is 0 Å². The fourth-order valence-corrected chi connectivity index (χ4v) is 1.53. The summed E-state index contributed by atoms with van der Waals surface area (Å²) < 4.78 is 64.7. The van der Waals surface area contributed by atoms with Crippen LogP contribution in [0.3, 0.4) is 0 Å². The van der Waals surface area contributed by atoms with Crippen LogP contribution in [0, 0.1) is 29.1 Å². The van der Waals surface area contributed by atoms with E-state index in [1.165, 1.54) is 0 Å². The Balaban J connectivity index is 2.17. The molecule has 19 heavy (non-hydrogen) atoms. The van der Waals surface area contributed by atoms with E-state index in [9.17, 15) is 22.0 Å². The summed E-state index contributed by atoms with van der Waals surface area (Å²) in [5.74, 6) is -5.58. The van der Waals surface area contributed by atoms with Gasteiger partial charge in [0.1, 0.15) is 11.6 Å². The van der Waals surface area contributed by atoms with E-state index in [2.05, 4.69) is 5.32 Å². The molecule has 1 N–H and O–H groups in total. The van der Waals surface area contributed by atoms with Crippen molar-refractivity contribution in [3.8, 4) is 0 Å². The van der Waals surface area contributed by atoms with Gasteiger partial charge in [-0.05, 0) is 18.2 Å². The molecule has 0 bridgehead atoms. The van der Waals surface area contributed by atoms with Crippen molar-refractivity contribution in [1.82, 2.24) is 0 Å². The van der Waals surface area contributed by atoms with Gasteiger partial charge in [0.05, 0.1) is 0 Å². The number of hydrogen-bond acceptors (Lipinski definition) is 1. The van der Waals surface area contributed by atoms with Gasteiger partial charge >= 0.3 is 0 Å². The van der Waals surface area contributed by atoms with Crippen molar-refractivity contribution < 1.29 is 22.0 Å². The maximum absolute atomic E-state index is 13.3. The average molecular weight is 273 g/mol. The average Bonchev–Trinajstić information content (AvgIpc) is 2.37. The molecule has 0 fully saturated rings. The van der Waals surface area contributed by atoms with Crippen molar-refractivity contribution in [2.45, 2.75) is 6.54 Å². The molecule has 2 aromatic rings. The van der Waals surface area contributed by atoms with Crippen molar-refractivity contribution in [2.24, 2.45) is 0 Å². The van der Waals surface area contributed by atoms with Gasteiger partial charge in [-0.15, -0.1) is 0 Å². The third-order valence-corrected chi connectivity index (χ3v) is 2.47. The second-order valence-electron chi connectivity index (χ2n) is 3.84. The van der Waals surface area contributed by atoms with Crippen molar-refractivity contribution in [3.05, 3.63) is 65.0 Å².